The smallest absolute Gasteiger partial charge is 0.257 e. The number of aliphatic hydroxyl groups excluding tert-OH is 2. The van der Waals surface area contributed by atoms with Crippen LogP contribution in [0.25, 0.3) is 0 Å². The fraction of sp³-hybridized carbons (Fsp3) is 0.143. The Bertz CT molecular complexity index is 1310. The number of aliphatic hydroxyl groups is 2. The summed E-state index contributed by atoms with van der Waals surface area (Å²) in [5, 5.41) is 36.8. The predicted octanol–water partition coefficient (Wildman–Crippen LogP) is 9.41. The largest absolute Gasteiger partial charge is 0.508 e. The van der Waals surface area contributed by atoms with Gasteiger partial charge in [0.1, 0.15) is 11.5 Å². The maximum atomic E-state index is 10.7. The Balaban J connectivity index is 0.000000494. The van der Waals surface area contributed by atoms with E-state index in [2.05, 4.69) is 47.8 Å². The van der Waals surface area contributed by atoms with E-state index < -0.39 is 0 Å². The Labute approximate surface area is 263 Å². The molecule has 4 N–H and O–H groups in total. The van der Waals surface area contributed by atoms with Gasteiger partial charge < -0.3 is 20.4 Å². The summed E-state index contributed by atoms with van der Waals surface area (Å²) < 4.78 is 3.31. The zero-order chi connectivity index (χ0) is 28.7. The molecule has 4 rings (SSSR count). The molecule has 0 aliphatic rings. The maximum Gasteiger partial charge on any atom is 0.257 e. The van der Waals surface area contributed by atoms with E-state index in [0.717, 1.165) is 13.7 Å². The second-order valence-electron chi connectivity index (χ2n) is 7.26. The topological polar surface area (TPSA) is 101 Å². The minimum atomic E-state index is -0.188. The summed E-state index contributed by atoms with van der Waals surface area (Å²) in [4.78, 5) is 10.7. The van der Waals surface area contributed by atoms with Crippen LogP contribution >= 0.6 is 71.0 Å². The molecule has 0 saturated heterocycles. The molecule has 0 heterocycles. The Hall–Kier alpha value is -1.98. The molecule has 6 nitrogen and oxygen atoms in total. The summed E-state index contributed by atoms with van der Waals surface area (Å²) in [6, 6.07) is 24.7. The minimum Gasteiger partial charge on any atom is -0.508 e. The number of hydrogen-bond donors (Lipinski definition) is 4. The fourth-order valence-electron chi connectivity index (χ4n) is 2.51. The van der Waals surface area contributed by atoms with Crippen molar-refractivity contribution in [1.82, 2.24) is 0 Å². The van der Waals surface area contributed by atoms with Crippen molar-refractivity contribution in [2.75, 3.05) is 7.05 Å². The second-order valence-corrected chi connectivity index (χ2v) is 10.8. The van der Waals surface area contributed by atoms with E-state index in [1.807, 2.05) is 30.3 Å². The van der Waals surface area contributed by atoms with Gasteiger partial charge in [0.15, 0.2) is 7.05 Å². The third-order valence-electron chi connectivity index (χ3n) is 4.39. The Morgan fingerprint density at radius 3 is 1.74 bits per heavy atom. The van der Waals surface area contributed by atoms with Crippen LogP contribution in [0.4, 0.5) is 5.69 Å². The first kappa shape index (κ1) is 37.0. The summed E-state index contributed by atoms with van der Waals surface area (Å²) in [5.74, 6) is 0.169. The molecule has 0 fully saturated rings. The quantitative estimate of drug-likeness (QED) is 0.156. The molecule has 11 heteroatoms. The van der Waals surface area contributed by atoms with Crippen LogP contribution in [0.1, 0.15) is 18.6 Å². The normalized spacial score (nSPS) is 9.33. The number of hydrogen-bond acceptors (Lipinski definition) is 5. The van der Waals surface area contributed by atoms with Crippen LogP contribution in [0.2, 0.25) is 10.0 Å². The second kappa shape index (κ2) is 20.0. The van der Waals surface area contributed by atoms with Gasteiger partial charge in [0.2, 0.25) is 0 Å². The van der Waals surface area contributed by atoms with E-state index in [-0.39, 0.29) is 32.1 Å². The van der Waals surface area contributed by atoms with Gasteiger partial charge in [-0.1, -0.05) is 86.8 Å². The number of halogens is 5. The molecule has 0 spiro atoms. The molecular weight excluding hydrogens is 741 g/mol. The molecule has 39 heavy (non-hydrogen) atoms. The zero-order valence-electron chi connectivity index (χ0n) is 20.0. The van der Waals surface area contributed by atoms with Gasteiger partial charge in [0.25, 0.3) is 5.69 Å². The number of nitrogens with zero attached hydrogens (tertiary/aromatic N) is 1. The fourth-order valence-corrected chi connectivity index (χ4v) is 4.51. The number of nitroso groups, excluding NO2 is 1. The summed E-state index contributed by atoms with van der Waals surface area (Å²) >= 11 is 20.9. The molecule has 0 unspecified atom stereocenters. The summed E-state index contributed by atoms with van der Waals surface area (Å²) in [6.45, 7) is -0.351. The Morgan fingerprint density at radius 2 is 1.31 bits per heavy atom. The first-order chi connectivity index (χ1) is 18.0. The lowest BCUT2D eigenvalue weighted by molar-refractivity contribution is -0.428. The molecule has 0 atom stereocenters. The standard InChI is InChI=1S/C7H6Br2O2.C7H7ClNO.C7H7ClO2.C6H5Br.CH4/c8-5-1-4(3-10)7(11)6(9)2-5;1-9(10)7-4-2-3-6(8)5-7;8-6-1-2-7(10)5(3-6)4-9;7-6-4-2-1-3-5-6;/h1-2,10-11H,3H2;2-5H,1H3;1-3,9-10H,4H2;1-5H;1H4/q;+1;;;. The highest BCUT2D eigenvalue weighted by molar-refractivity contribution is 9.11. The highest BCUT2D eigenvalue weighted by atomic mass is 79.9. The summed E-state index contributed by atoms with van der Waals surface area (Å²) in [7, 11) is 1.44. The van der Waals surface area contributed by atoms with Crippen LogP contribution in [0.15, 0.2) is 98.3 Å². The van der Waals surface area contributed by atoms with Crippen molar-refractivity contribution in [2.45, 2.75) is 20.6 Å². The van der Waals surface area contributed by atoms with E-state index in [9.17, 15) is 10.0 Å². The Morgan fingerprint density at radius 1 is 0.718 bits per heavy atom. The van der Waals surface area contributed by atoms with E-state index in [4.69, 9.17) is 38.5 Å². The van der Waals surface area contributed by atoms with Crippen LogP contribution in [0.3, 0.4) is 0 Å². The molecule has 0 amide bonds. The molecule has 4 aromatic carbocycles. The van der Waals surface area contributed by atoms with Crippen molar-refractivity contribution in [1.29, 1.82) is 0 Å². The van der Waals surface area contributed by atoms with E-state index in [1.165, 1.54) is 19.2 Å². The first-order valence-electron chi connectivity index (χ1n) is 10.7. The van der Waals surface area contributed by atoms with Crippen molar-refractivity contribution >= 4 is 76.7 Å². The van der Waals surface area contributed by atoms with Gasteiger partial charge in [-0.15, -0.1) is 0 Å². The van der Waals surface area contributed by atoms with Gasteiger partial charge in [-0.05, 0) is 64.5 Å². The van der Waals surface area contributed by atoms with Crippen LogP contribution < -0.4 is 0 Å². The van der Waals surface area contributed by atoms with Gasteiger partial charge in [0.05, 0.1) is 17.7 Å². The highest BCUT2D eigenvalue weighted by Gasteiger charge is 2.05. The first-order valence-corrected chi connectivity index (χ1v) is 13.8. The minimum absolute atomic E-state index is 0. The molecule has 0 aliphatic heterocycles. The molecule has 0 saturated carbocycles. The summed E-state index contributed by atoms with van der Waals surface area (Å²) in [5.41, 5.74) is 1.53. The molecule has 210 valence electrons. The van der Waals surface area contributed by atoms with Crippen molar-refractivity contribution in [3.8, 4) is 11.5 Å². The molecule has 0 bridgehead atoms. The molecule has 4 aromatic rings. The average molecular weight is 770 g/mol. The van der Waals surface area contributed by atoms with E-state index in [1.54, 1.807) is 42.5 Å². The highest BCUT2D eigenvalue weighted by Crippen LogP contribution is 2.31. The van der Waals surface area contributed by atoms with Crippen LogP contribution in [0, 0.1) is 4.91 Å². The third kappa shape index (κ3) is 14.8. The van der Waals surface area contributed by atoms with Gasteiger partial charge in [0, 0.05) is 51.9 Å². The van der Waals surface area contributed by atoms with Crippen molar-refractivity contribution in [3.05, 3.63) is 124 Å². The van der Waals surface area contributed by atoms with Gasteiger partial charge in [-0.2, -0.15) is 0 Å². The average Bonchev–Trinajstić information content (AvgIpc) is 2.89. The SMILES string of the molecule is Brc1ccccc1.C.C[N+](=O)c1cccc(Cl)c1.OCc1cc(Br)cc(Br)c1O.OCc1cc(Cl)ccc1O. The van der Waals surface area contributed by atoms with Gasteiger partial charge in [-0.25, -0.2) is 0 Å². The summed E-state index contributed by atoms with van der Waals surface area (Å²) in [6.07, 6.45) is 0. The molecule has 0 aromatic heterocycles. The van der Waals surface area contributed by atoms with Crippen LogP contribution in [0.5, 0.6) is 11.5 Å². The van der Waals surface area contributed by atoms with Crippen molar-refractivity contribution < 1.29 is 25.2 Å². The van der Waals surface area contributed by atoms with Gasteiger partial charge in [-0.3, -0.25) is 0 Å². The number of rotatable bonds is 3. The van der Waals surface area contributed by atoms with Crippen molar-refractivity contribution in [3.63, 3.8) is 0 Å². The Kier molecular flexibility index (Phi) is 19.0. The number of benzene rings is 4. The zero-order valence-corrected chi connectivity index (χ0v) is 26.3. The molecule has 0 radical (unpaired) electrons. The number of aromatic hydroxyl groups is 2. The van der Waals surface area contributed by atoms with E-state index in [0.29, 0.717) is 31.3 Å². The van der Waals surface area contributed by atoms with Crippen LogP contribution in [-0.4, -0.2) is 32.2 Å². The number of phenols is 2. The maximum absolute atomic E-state index is 10.7. The lowest BCUT2D eigenvalue weighted by Crippen LogP contribution is -1.88. The van der Waals surface area contributed by atoms with Crippen LogP contribution in [-0.2, 0) is 13.2 Å². The van der Waals surface area contributed by atoms with Gasteiger partial charge >= 0.3 is 0 Å². The molecular formula is C28H29Br3Cl2NO5+. The van der Waals surface area contributed by atoms with Crippen molar-refractivity contribution in [2.24, 2.45) is 0 Å². The lowest BCUT2D eigenvalue weighted by atomic mass is 10.2. The monoisotopic (exact) mass is 766 g/mol. The van der Waals surface area contributed by atoms with E-state index >= 15 is 0 Å². The predicted molar refractivity (Wildman–Crippen MR) is 170 cm³/mol. The lowest BCUT2D eigenvalue weighted by Gasteiger charge is -2.03. The third-order valence-corrected chi connectivity index (χ3v) is 6.46. The molecule has 0 aliphatic carbocycles.